The van der Waals surface area contributed by atoms with E-state index in [0.29, 0.717) is 0 Å². The average Bonchev–Trinajstić information content (AvgIpc) is 2.37. The zero-order valence-corrected chi connectivity index (χ0v) is 13.3. The van der Waals surface area contributed by atoms with E-state index in [2.05, 4.69) is 69.8 Å². The summed E-state index contributed by atoms with van der Waals surface area (Å²) < 4.78 is 0.825. The minimum atomic E-state index is 0.825. The Hall–Kier alpha value is -1.42. The van der Waals surface area contributed by atoms with E-state index in [1.165, 1.54) is 16.8 Å². The second-order valence-corrected chi connectivity index (χ2v) is 5.48. The summed E-state index contributed by atoms with van der Waals surface area (Å²) >= 11 is 3.45. The maximum Gasteiger partial charge on any atom is 0.137 e. The van der Waals surface area contributed by atoms with Gasteiger partial charge in [-0.3, -0.25) is 0 Å². The standard InChI is InChI=1S/C15H18BrN3/c1-5-14-17-13(16)9-15(18-14)19(4)12-7-6-10(2)8-11(12)3/h6-9H,5H2,1-4H3. The molecule has 0 fully saturated rings. The van der Waals surface area contributed by atoms with Crippen molar-refractivity contribution >= 4 is 27.4 Å². The molecule has 1 heterocycles. The van der Waals surface area contributed by atoms with Crippen molar-refractivity contribution in [3.8, 4) is 0 Å². The summed E-state index contributed by atoms with van der Waals surface area (Å²) in [5.41, 5.74) is 3.68. The molecular weight excluding hydrogens is 302 g/mol. The molecule has 0 aliphatic heterocycles. The first-order valence-corrected chi connectivity index (χ1v) is 7.15. The monoisotopic (exact) mass is 319 g/mol. The fourth-order valence-corrected chi connectivity index (χ4v) is 2.50. The van der Waals surface area contributed by atoms with Gasteiger partial charge in [0.25, 0.3) is 0 Å². The quantitative estimate of drug-likeness (QED) is 0.794. The molecule has 19 heavy (non-hydrogen) atoms. The van der Waals surface area contributed by atoms with Crippen LogP contribution in [0.4, 0.5) is 11.5 Å². The maximum atomic E-state index is 4.58. The van der Waals surface area contributed by atoms with Crippen LogP contribution in [-0.2, 0) is 6.42 Å². The smallest absolute Gasteiger partial charge is 0.137 e. The molecule has 0 atom stereocenters. The highest BCUT2D eigenvalue weighted by Crippen LogP contribution is 2.27. The van der Waals surface area contributed by atoms with Gasteiger partial charge in [-0.15, -0.1) is 0 Å². The van der Waals surface area contributed by atoms with Crippen molar-refractivity contribution in [1.29, 1.82) is 0 Å². The fraction of sp³-hybridized carbons (Fsp3) is 0.333. The molecule has 0 radical (unpaired) electrons. The number of aromatic nitrogens is 2. The van der Waals surface area contributed by atoms with Crippen LogP contribution in [0.3, 0.4) is 0 Å². The maximum absolute atomic E-state index is 4.58. The van der Waals surface area contributed by atoms with Crippen LogP contribution in [0.5, 0.6) is 0 Å². The first-order chi connectivity index (χ1) is 9.01. The Morgan fingerprint density at radius 1 is 1.16 bits per heavy atom. The largest absolute Gasteiger partial charge is 0.329 e. The highest BCUT2D eigenvalue weighted by atomic mass is 79.9. The van der Waals surface area contributed by atoms with Crippen LogP contribution < -0.4 is 4.90 Å². The van der Waals surface area contributed by atoms with Crippen molar-refractivity contribution in [3.05, 3.63) is 45.8 Å². The third-order valence-electron chi connectivity index (χ3n) is 3.10. The van der Waals surface area contributed by atoms with E-state index in [-0.39, 0.29) is 0 Å². The molecule has 2 aromatic rings. The Labute approximate surface area is 122 Å². The number of anilines is 2. The zero-order valence-electron chi connectivity index (χ0n) is 11.7. The van der Waals surface area contributed by atoms with Crippen LogP contribution in [0, 0.1) is 13.8 Å². The number of hydrogen-bond acceptors (Lipinski definition) is 3. The SMILES string of the molecule is CCc1nc(Br)cc(N(C)c2ccc(C)cc2C)n1. The number of aryl methyl sites for hydroxylation is 3. The van der Waals surface area contributed by atoms with E-state index < -0.39 is 0 Å². The van der Waals surface area contributed by atoms with E-state index in [1.54, 1.807) is 0 Å². The molecule has 1 aromatic heterocycles. The summed E-state index contributed by atoms with van der Waals surface area (Å²) in [4.78, 5) is 11.0. The van der Waals surface area contributed by atoms with Crippen molar-refractivity contribution in [1.82, 2.24) is 9.97 Å². The molecule has 2 rings (SSSR count). The van der Waals surface area contributed by atoms with Crippen LogP contribution in [-0.4, -0.2) is 17.0 Å². The summed E-state index contributed by atoms with van der Waals surface area (Å²) in [7, 11) is 2.03. The Kier molecular flexibility index (Phi) is 4.20. The summed E-state index contributed by atoms with van der Waals surface area (Å²) in [6.07, 6.45) is 0.827. The van der Waals surface area contributed by atoms with Gasteiger partial charge in [-0.25, -0.2) is 9.97 Å². The Balaban J connectivity index is 2.43. The highest BCUT2D eigenvalue weighted by Gasteiger charge is 2.10. The van der Waals surface area contributed by atoms with Gasteiger partial charge < -0.3 is 4.90 Å². The normalized spacial score (nSPS) is 10.6. The molecule has 0 spiro atoms. The molecule has 0 aliphatic rings. The van der Waals surface area contributed by atoms with Crippen LogP contribution in [0.2, 0.25) is 0 Å². The van der Waals surface area contributed by atoms with Gasteiger partial charge in [0.2, 0.25) is 0 Å². The van der Waals surface area contributed by atoms with E-state index >= 15 is 0 Å². The lowest BCUT2D eigenvalue weighted by molar-refractivity contribution is 0.914. The molecule has 4 heteroatoms. The van der Waals surface area contributed by atoms with Gasteiger partial charge in [-0.2, -0.15) is 0 Å². The fourth-order valence-electron chi connectivity index (χ4n) is 2.09. The number of nitrogens with zero attached hydrogens (tertiary/aromatic N) is 3. The van der Waals surface area contributed by atoms with Crippen molar-refractivity contribution in [2.45, 2.75) is 27.2 Å². The van der Waals surface area contributed by atoms with Gasteiger partial charge in [0.1, 0.15) is 16.2 Å². The zero-order chi connectivity index (χ0) is 14.0. The van der Waals surface area contributed by atoms with Gasteiger partial charge in [0.15, 0.2) is 0 Å². The molecule has 0 saturated heterocycles. The van der Waals surface area contributed by atoms with Gasteiger partial charge >= 0.3 is 0 Å². The van der Waals surface area contributed by atoms with Gasteiger partial charge in [-0.1, -0.05) is 24.6 Å². The predicted octanol–water partition coefficient (Wildman–Crippen LogP) is 4.19. The Morgan fingerprint density at radius 3 is 2.53 bits per heavy atom. The van der Waals surface area contributed by atoms with E-state index in [0.717, 1.165) is 22.7 Å². The first kappa shape index (κ1) is 14.0. The molecule has 100 valence electrons. The summed E-state index contributed by atoms with van der Waals surface area (Å²) in [6.45, 7) is 6.28. The number of benzene rings is 1. The summed E-state index contributed by atoms with van der Waals surface area (Å²) in [5, 5.41) is 0. The summed E-state index contributed by atoms with van der Waals surface area (Å²) in [5.74, 6) is 1.76. The molecule has 0 aliphatic carbocycles. The van der Waals surface area contributed by atoms with E-state index in [1.807, 2.05) is 13.1 Å². The van der Waals surface area contributed by atoms with Crippen LogP contribution >= 0.6 is 15.9 Å². The average molecular weight is 320 g/mol. The molecule has 0 saturated carbocycles. The lowest BCUT2D eigenvalue weighted by Crippen LogP contribution is -2.14. The molecule has 0 N–H and O–H groups in total. The van der Waals surface area contributed by atoms with E-state index in [4.69, 9.17) is 0 Å². The Morgan fingerprint density at radius 2 is 1.89 bits per heavy atom. The third kappa shape index (κ3) is 3.13. The van der Waals surface area contributed by atoms with Crippen molar-refractivity contribution in [3.63, 3.8) is 0 Å². The predicted molar refractivity (Wildman–Crippen MR) is 83.1 cm³/mol. The number of rotatable bonds is 3. The summed E-state index contributed by atoms with van der Waals surface area (Å²) in [6, 6.07) is 8.38. The minimum Gasteiger partial charge on any atom is -0.329 e. The highest BCUT2D eigenvalue weighted by molar-refractivity contribution is 9.10. The Bertz CT molecular complexity index is 596. The topological polar surface area (TPSA) is 29.0 Å². The lowest BCUT2D eigenvalue weighted by atomic mass is 10.1. The second kappa shape index (κ2) is 5.70. The van der Waals surface area contributed by atoms with Crippen LogP contribution in [0.1, 0.15) is 23.9 Å². The molecule has 0 amide bonds. The van der Waals surface area contributed by atoms with Crippen LogP contribution in [0.25, 0.3) is 0 Å². The molecule has 3 nitrogen and oxygen atoms in total. The van der Waals surface area contributed by atoms with Crippen molar-refractivity contribution in [2.24, 2.45) is 0 Å². The second-order valence-electron chi connectivity index (χ2n) is 4.67. The first-order valence-electron chi connectivity index (χ1n) is 6.35. The van der Waals surface area contributed by atoms with Crippen molar-refractivity contribution < 1.29 is 0 Å². The van der Waals surface area contributed by atoms with Gasteiger partial charge in [-0.05, 0) is 41.4 Å². The van der Waals surface area contributed by atoms with Crippen LogP contribution in [0.15, 0.2) is 28.9 Å². The minimum absolute atomic E-state index is 0.825. The third-order valence-corrected chi connectivity index (χ3v) is 3.51. The van der Waals surface area contributed by atoms with Gasteiger partial charge in [0.05, 0.1) is 0 Å². The number of hydrogen-bond donors (Lipinski definition) is 0. The van der Waals surface area contributed by atoms with E-state index in [9.17, 15) is 0 Å². The lowest BCUT2D eigenvalue weighted by Gasteiger charge is -2.21. The molecular formula is C15H18BrN3. The van der Waals surface area contributed by atoms with Crippen molar-refractivity contribution in [2.75, 3.05) is 11.9 Å². The molecule has 1 aromatic carbocycles. The molecule has 0 bridgehead atoms. The number of halogens is 1. The van der Waals surface area contributed by atoms with Gasteiger partial charge in [0, 0.05) is 25.2 Å². The molecule has 0 unspecified atom stereocenters.